The van der Waals surface area contributed by atoms with Crippen molar-refractivity contribution in [1.29, 1.82) is 0 Å². The molecular weight excluding hydrogens is 886 g/mol. The van der Waals surface area contributed by atoms with E-state index < -0.39 is 36.8 Å². The molecule has 2 aromatic carbocycles. The Morgan fingerprint density at radius 1 is 0.353 bits per heavy atom. The van der Waals surface area contributed by atoms with E-state index in [1.54, 1.807) is 57.3 Å². The van der Waals surface area contributed by atoms with Gasteiger partial charge in [-0.05, 0) is 0 Å². The Kier molecular flexibility index (Phi) is 16.9. The van der Waals surface area contributed by atoms with Crippen molar-refractivity contribution in [2.24, 2.45) is 0 Å². The Morgan fingerprint density at radius 3 is 0.961 bits per heavy atom. The van der Waals surface area contributed by atoms with Crippen LogP contribution in [-0.4, -0.2) is 36.8 Å². The van der Waals surface area contributed by atoms with Crippen LogP contribution in [0, 0.1) is 0 Å². The third-order valence-electron chi connectivity index (χ3n) is 11.3. The van der Waals surface area contributed by atoms with Gasteiger partial charge in [-0.1, -0.05) is 52.4 Å². The van der Waals surface area contributed by atoms with Crippen LogP contribution in [0.4, 0.5) is 0 Å². The number of thiophene rings is 3. The summed E-state index contributed by atoms with van der Waals surface area (Å²) >= 11 is 2.08. The van der Waals surface area contributed by atoms with Crippen molar-refractivity contribution in [3.63, 3.8) is 0 Å². The van der Waals surface area contributed by atoms with Crippen LogP contribution < -0.4 is 5.79 Å². The number of hydrogen-bond donors (Lipinski definition) is 0. The summed E-state index contributed by atoms with van der Waals surface area (Å²) in [6.07, 6.45) is 30.7. The molecule has 0 saturated carbocycles. The Hall–Kier alpha value is 0.177. The zero-order valence-electron chi connectivity index (χ0n) is 34.1. The zero-order valence-corrected chi connectivity index (χ0v) is 42.2. The third kappa shape index (κ3) is 11.6. The van der Waals surface area contributed by atoms with Gasteiger partial charge in [-0.2, -0.15) is 0 Å². The van der Waals surface area contributed by atoms with E-state index in [9.17, 15) is 0 Å². The molecule has 0 nitrogen and oxygen atoms in total. The van der Waals surface area contributed by atoms with Crippen LogP contribution in [0.25, 0.3) is 40.3 Å². The van der Waals surface area contributed by atoms with Gasteiger partial charge < -0.3 is 0 Å². The number of rotatable bonds is 24. The average molecular weight is 959 g/mol. The van der Waals surface area contributed by atoms with Crippen LogP contribution >= 0.6 is 34.0 Å². The summed E-state index contributed by atoms with van der Waals surface area (Å²) in [6, 6.07) is 10.7. The van der Waals surface area contributed by atoms with Crippen molar-refractivity contribution >= 4 is 117 Å². The summed E-state index contributed by atoms with van der Waals surface area (Å²) in [7, 11) is 0. The number of aryl methyl sites for hydroxylation is 2. The SMILES string of the molecule is CCCCCCCCCCCCc1cc2c3cc(CCCCCCCCCCCC)c4c[c]([Sn]([CH3])([CH3])[CH3])sc4c3sc2c2s[c]([Sn]([CH3])([CH3])[CH3])cc12. The molecule has 0 amide bonds. The zero-order chi connectivity index (χ0) is 36.4. The van der Waals surface area contributed by atoms with E-state index in [4.69, 9.17) is 0 Å². The molecule has 282 valence electrons. The Labute approximate surface area is 333 Å². The molecule has 0 bridgehead atoms. The van der Waals surface area contributed by atoms with E-state index in [2.05, 4.69) is 102 Å². The molecule has 0 N–H and O–H groups in total. The van der Waals surface area contributed by atoms with E-state index in [0.29, 0.717) is 0 Å². The van der Waals surface area contributed by atoms with Crippen molar-refractivity contribution in [2.75, 3.05) is 0 Å². The quantitative estimate of drug-likeness (QED) is 0.0427. The van der Waals surface area contributed by atoms with Crippen molar-refractivity contribution in [3.8, 4) is 0 Å². The summed E-state index contributed by atoms with van der Waals surface area (Å²) < 4.78 is 9.92. The molecule has 5 heteroatoms. The van der Waals surface area contributed by atoms with E-state index in [1.807, 2.05) is 0 Å². The molecule has 0 aliphatic rings. The molecule has 0 radical (unpaired) electrons. The van der Waals surface area contributed by atoms with Crippen LogP contribution in [0.5, 0.6) is 0 Å². The summed E-state index contributed by atoms with van der Waals surface area (Å²) in [5.41, 5.74) is 3.29. The Morgan fingerprint density at radius 2 is 0.647 bits per heavy atom. The normalized spacial score (nSPS) is 12.9. The second-order valence-corrected chi connectivity index (χ2v) is 52.0. The molecule has 0 aliphatic heterocycles. The maximum absolute atomic E-state index is 2.69. The molecule has 51 heavy (non-hydrogen) atoms. The fourth-order valence-electron chi connectivity index (χ4n) is 7.94. The summed E-state index contributed by atoms with van der Waals surface area (Å²) in [6.45, 7) is 4.64. The first-order valence-electron chi connectivity index (χ1n) is 21.4. The van der Waals surface area contributed by atoms with E-state index in [0.717, 1.165) is 0 Å². The van der Waals surface area contributed by atoms with Crippen molar-refractivity contribution < 1.29 is 0 Å². The van der Waals surface area contributed by atoms with Gasteiger partial charge in [-0.15, -0.1) is 0 Å². The summed E-state index contributed by atoms with van der Waals surface area (Å²) in [4.78, 5) is 15.7. The van der Waals surface area contributed by atoms with Gasteiger partial charge in [-0.25, -0.2) is 0 Å². The molecule has 0 atom stereocenters. The number of fused-ring (bicyclic) bond motifs is 7. The predicted octanol–water partition coefficient (Wildman–Crippen LogP) is 16.5. The fourth-order valence-corrected chi connectivity index (χ4v) is 22.3. The number of benzene rings is 2. The van der Waals surface area contributed by atoms with E-state index in [-0.39, 0.29) is 0 Å². The van der Waals surface area contributed by atoms with Crippen LogP contribution in [0.2, 0.25) is 29.6 Å². The minimum atomic E-state index is -2.22. The van der Waals surface area contributed by atoms with Gasteiger partial charge in [0, 0.05) is 0 Å². The fraction of sp³-hybridized carbons (Fsp3) is 0.652. The maximum atomic E-state index is 2.69. The average Bonchev–Trinajstić information content (AvgIpc) is 3.82. The number of unbranched alkanes of at least 4 members (excludes halogenated alkanes) is 18. The van der Waals surface area contributed by atoms with Crippen LogP contribution in [-0.2, 0) is 12.8 Å². The van der Waals surface area contributed by atoms with Gasteiger partial charge in [0.25, 0.3) is 0 Å². The first-order valence-corrected chi connectivity index (χ1v) is 43.8. The Bertz CT molecular complexity index is 1670. The van der Waals surface area contributed by atoms with Crippen LogP contribution in [0.1, 0.15) is 153 Å². The minimum absolute atomic E-state index is 1.24. The second-order valence-electron chi connectivity index (χ2n) is 18.0. The van der Waals surface area contributed by atoms with E-state index in [1.165, 1.54) is 141 Å². The molecule has 0 fully saturated rings. The van der Waals surface area contributed by atoms with Crippen molar-refractivity contribution in [3.05, 3.63) is 35.4 Å². The van der Waals surface area contributed by atoms with Crippen molar-refractivity contribution in [1.82, 2.24) is 0 Å². The summed E-state index contributed by atoms with van der Waals surface area (Å²) in [5.74, 6) is 0. The van der Waals surface area contributed by atoms with Gasteiger partial charge in [0.1, 0.15) is 0 Å². The topological polar surface area (TPSA) is 0 Å². The van der Waals surface area contributed by atoms with Gasteiger partial charge in [0.15, 0.2) is 0 Å². The first kappa shape index (κ1) is 42.3. The molecule has 0 saturated heterocycles. The van der Waals surface area contributed by atoms with Gasteiger partial charge in [-0.3, -0.25) is 0 Å². The molecule has 5 rings (SSSR count). The van der Waals surface area contributed by atoms with Gasteiger partial charge >= 0.3 is 285 Å². The monoisotopic (exact) mass is 960 g/mol. The third-order valence-corrected chi connectivity index (χ3v) is 33.9. The predicted molar refractivity (Wildman–Crippen MR) is 247 cm³/mol. The van der Waals surface area contributed by atoms with E-state index >= 15 is 0 Å². The molecule has 0 aliphatic carbocycles. The van der Waals surface area contributed by atoms with Gasteiger partial charge in [0.05, 0.1) is 0 Å². The van der Waals surface area contributed by atoms with Crippen LogP contribution in [0.3, 0.4) is 0 Å². The van der Waals surface area contributed by atoms with Gasteiger partial charge in [0.2, 0.25) is 0 Å². The van der Waals surface area contributed by atoms with Crippen molar-refractivity contribution in [2.45, 2.75) is 185 Å². The Balaban J connectivity index is 1.41. The first-order chi connectivity index (χ1) is 24.5. The standard InChI is InChI=1S/C40H54S3.6CH3.2Sn/c1-3-5-7-9-11-13-15-17-19-21-23-31-29-35-36-30-32(24-22-20-18-16-14-12-10-8-6-4-2)34-26-28-42-38(34)40(36)43-39(35)37-33(31)25-27-41-37;;;;;;;;/h25-26,29-30H,3-24H2,1-2H3;6*1H3;;. The molecule has 3 heterocycles. The molecule has 5 aromatic rings. The number of hydrogen-bond acceptors (Lipinski definition) is 3. The molecule has 3 aromatic heterocycles. The molecular formula is C46H72S3Sn2. The summed E-state index contributed by atoms with van der Waals surface area (Å²) in [5, 5.41) is 6.36. The molecule has 0 spiro atoms. The second kappa shape index (κ2) is 20.4. The van der Waals surface area contributed by atoms with Crippen LogP contribution in [0.15, 0.2) is 24.3 Å². The molecule has 0 unspecified atom stereocenters.